The number of carbonyl (C=O) groups is 2. The maximum atomic E-state index is 12.6. The molecule has 3 rings (SSSR count). The standard InChI is InChI=1S/C21H19Cl2N3O3/c1-13-5-6-17(15(22)9-13)25-20(27)12-24-21(28)14-10-16(23)18(11-19(14)29-2)26-7-3-4-8-26/h3-11H,12H2,1-2H3,(H,24,28)(H,25,27). The molecule has 0 atom stereocenters. The molecule has 0 spiro atoms. The number of methoxy groups -OCH3 is 1. The first-order valence-electron chi connectivity index (χ1n) is 8.74. The summed E-state index contributed by atoms with van der Waals surface area (Å²) in [6.07, 6.45) is 3.67. The molecule has 0 aliphatic heterocycles. The first kappa shape index (κ1) is 20.8. The van der Waals surface area contributed by atoms with Gasteiger partial charge in [-0.05, 0) is 42.8 Å². The van der Waals surface area contributed by atoms with Crippen LogP contribution < -0.4 is 15.4 Å². The Morgan fingerprint density at radius 1 is 1.07 bits per heavy atom. The summed E-state index contributed by atoms with van der Waals surface area (Å²) in [4.78, 5) is 24.8. The van der Waals surface area contributed by atoms with Gasteiger partial charge in [0, 0.05) is 18.5 Å². The number of ether oxygens (including phenoxy) is 1. The van der Waals surface area contributed by atoms with E-state index in [1.165, 1.54) is 13.2 Å². The molecule has 2 amide bonds. The van der Waals surface area contributed by atoms with E-state index < -0.39 is 11.8 Å². The molecule has 0 unspecified atom stereocenters. The Balaban J connectivity index is 1.70. The van der Waals surface area contributed by atoms with Crippen molar-refractivity contribution in [2.24, 2.45) is 0 Å². The highest BCUT2D eigenvalue weighted by atomic mass is 35.5. The van der Waals surface area contributed by atoms with Gasteiger partial charge in [-0.15, -0.1) is 0 Å². The highest BCUT2D eigenvalue weighted by molar-refractivity contribution is 6.34. The third-order valence-electron chi connectivity index (χ3n) is 4.20. The first-order chi connectivity index (χ1) is 13.9. The third-order valence-corrected chi connectivity index (χ3v) is 4.82. The molecule has 0 saturated carbocycles. The molecule has 1 heterocycles. The number of amides is 2. The van der Waals surface area contributed by atoms with Crippen LogP contribution in [0.15, 0.2) is 54.9 Å². The summed E-state index contributed by atoms with van der Waals surface area (Å²) in [5.74, 6) is -0.538. The van der Waals surface area contributed by atoms with Crippen LogP contribution in [0.5, 0.6) is 5.75 Å². The second-order valence-electron chi connectivity index (χ2n) is 6.31. The van der Waals surface area contributed by atoms with Crippen LogP contribution in [-0.4, -0.2) is 30.0 Å². The zero-order valence-electron chi connectivity index (χ0n) is 15.8. The quantitative estimate of drug-likeness (QED) is 0.604. The fraction of sp³-hybridized carbons (Fsp3) is 0.143. The predicted molar refractivity (Wildman–Crippen MR) is 114 cm³/mol. The second kappa shape index (κ2) is 9.03. The van der Waals surface area contributed by atoms with Crippen LogP contribution in [0.4, 0.5) is 5.69 Å². The Kier molecular flexibility index (Phi) is 6.46. The molecule has 0 aliphatic rings. The zero-order chi connectivity index (χ0) is 21.0. The minimum atomic E-state index is -0.479. The van der Waals surface area contributed by atoms with E-state index in [-0.39, 0.29) is 12.1 Å². The molecule has 2 N–H and O–H groups in total. The number of halogens is 2. The SMILES string of the molecule is COc1cc(-n2cccc2)c(Cl)cc1C(=O)NCC(=O)Nc1ccc(C)cc1Cl. The van der Waals surface area contributed by atoms with Gasteiger partial charge in [0.25, 0.3) is 5.91 Å². The normalized spacial score (nSPS) is 10.5. The van der Waals surface area contributed by atoms with Gasteiger partial charge in [-0.25, -0.2) is 0 Å². The van der Waals surface area contributed by atoms with Gasteiger partial charge in [-0.2, -0.15) is 0 Å². The van der Waals surface area contributed by atoms with Crippen LogP contribution in [0.3, 0.4) is 0 Å². The summed E-state index contributed by atoms with van der Waals surface area (Å²) >= 11 is 12.5. The van der Waals surface area contributed by atoms with E-state index in [9.17, 15) is 9.59 Å². The summed E-state index contributed by atoms with van der Waals surface area (Å²) in [6, 6.07) is 12.2. The molecule has 0 bridgehead atoms. The van der Waals surface area contributed by atoms with Crippen molar-refractivity contribution in [3.05, 3.63) is 76.0 Å². The number of rotatable bonds is 6. The summed E-state index contributed by atoms with van der Waals surface area (Å²) < 4.78 is 7.15. The number of nitrogens with zero attached hydrogens (tertiary/aromatic N) is 1. The lowest BCUT2D eigenvalue weighted by Crippen LogP contribution is -2.33. The molecule has 8 heteroatoms. The van der Waals surface area contributed by atoms with E-state index in [4.69, 9.17) is 27.9 Å². The maximum absolute atomic E-state index is 12.6. The third kappa shape index (κ3) is 4.91. The molecule has 0 saturated heterocycles. The van der Waals surface area contributed by atoms with E-state index in [0.29, 0.717) is 27.2 Å². The van der Waals surface area contributed by atoms with Crippen molar-refractivity contribution >= 4 is 40.7 Å². The summed E-state index contributed by atoms with van der Waals surface area (Å²) in [5, 5.41) is 6.04. The van der Waals surface area contributed by atoms with Gasteiger partial charge in [-0.1, -0.05) is 29.3 Å². The molecular weight excluding hydrogens is 413 g/mol. The number of hydrogen-bond acceptors (Lipinski definition) is 3. The smallest absolute Gasteiger partial charge is 0.255 e. The van der Waals surface area contributed by atoms with Gasteiger partial charge < -0.3 is 19.9 Å². The van der Waals surface area contributed by atoms with Crippen LogP contribution >= 0.6 is 23.2 Å². The van der Waals surface area contributed by atoms with Gasteiger partial charge in [0.05, 0.1) is 40.6 Å². The largest absolute Gasteiger partial charge is 0.496 e. The highest BCUT2D eigenvalue weighted by Crippen LogP contribution is 2.30. The van der Waals surface area contributed by atoms with Gasteiger partial charge in [-0.3, -0.25) is 9.59 Å². The van der Waals surface area contributed by atoms with Crippen LogP contribution in [0.1, 0.15) is 15.9 Å². The van der Waals surface area contributed by atoms with E-state index in [2.05, 4.69) is 10.6 Å². The number of anilines is 1. The molecule has 0 radical (unpaired) electrons. The molecule has 1 aromatic heterocycles. The van der Waals surface area contributed by atoms with Crippen LogP contribution in [0, 0.1) is 6.92 Å². The Hall–Kier alpha value is -2.96. The number of hydrogen-bond donors (Lipinski definition) is 2. The molecule has 29 heavy (non-hydrogen) atoms. The van der Waals surface area contributed by atoms with Gasteiger partial charge in [0.15, 0.2) is 0 Å². The van der Waals surface area contributed by atoms with Crippen LogP contribution in [-0.2, 0) is 4.79 Å². The second-order valence-corrected chi connectivity index (χ2v) is 7.12. The number of nitrogens with one attached hydrogen (secondary N) is 2. The highest BCUT2D eigenvalue weighted by Gasteiger charge is 2.17. The van der Waals surface area contributed by atoms with Crippen molar-refractivity contribution in [2.75, 3.05) is 19.0 Å². The Morgan fingerprint density at radius 2 is 1.79 bits per heavy atom. The van der Waals surface area contributed by atoms with Crippen LogP contribution in [0.2, 0.25) is 10.0 Å². The lowest BCUT2D eigenvalue weighted by atomic mass is 10.1. The fourth-order valence-electron chi connectivity index (χ4n) is 2.75. The Labute approximate surface area is 178 Å². The van der Waals surface area contributed by atoms with Crippen molar-refractivity contribution in [3.63, 3.8) is 0 Å². The van der Waals surface area contributed by atoms with E-state index in [1.54, 1.807) is 18.2 Å². The predicted octanol–water partition coefficient (Wildman–Crippen LogP) is 4.47. The van der Waals surface area contributed by atoms with Crippen LogP contribution in [0.25, 0.3) is 5.69 Å². The zero-order valence-corrected chi connectivity index (χ0v) is 17.3. The average Bonchev–Trinajstić information content (AvgIpc) is 3.22. The van der Waals surface area contributed by atoms with E-state index >= 15 is 0 Å². The van der Waals surface area contributed by atoms with Crippen molar-refractivity contribution in [2.45, 2.75) is 6.92 Å². The van der Waals surface area contributed by atoms with Gasteiger partial charge >= 0.3 is 0 Å². The Bertz CT molecular complexity index is 1050. The van der Waals surface area contributed by atoms with Crippen molar-refractivity contribution < 1.29 is 14.3 Å². The average molecular weight is 432 g/mol. The minimum absolute atomic E-state index is 0.231. The molecule has 2 aromatic carbocycles. The molecule has 0 fully saturated rings. The number of aromatic nitrogens is 1. The molecule has 3 aromatic rings. The van der Waals surface area contributed by atoms with E-state index in [1.807, 2.05) is 42.1 Å². The topological polar surface area (TPSA) is 72.4 Å². The molecule has 6 nitrogen and oxygen atoms in total. The number of carbonyl (C=O) groups excluding carboxylic acids is 2. The summed E-state index contributed by atoms with van der Waals surface area (Å²) in [5.41, 5.74) is 2.37. The first-order valence-corrected chi connectivity index (χ1v) is 9.49. The fourth-order valence-corrected chi connectivity index (χ4v) is 3.30. The van der Waals surface area contributed by atoms with Crippen molar-refractivity contribution in [1.82, 2.24) is 9.88 Å². The summed E-state index contributed by atoms with van der Waals surface area (Å²) in [7, 11) is 1.46. The van der Waals surface area contributed by atoms with Crippen molar-refractivity contribution in [1.29, 1.82) is 0 Å². The lowest BCUT2D eigenvalue weighted by Gasteiger charge is -2.14. The lowest BCUT2D eigenvalue weighted by molar-refractivity contribution is -0.115. The molecule has 150 valence electrons. The maximum Gasteiger partial charge on any atom is 0.255 e. The van der Waals surface area contributed by atoms with Crippen molar-refractivity contribution in [3.8, 4) is 11.4 Å². The monoisotopic (exact) mass is 431 g/mol. The minimum Gasteiger partial charge on any atom is -0.496 e. The van der Waals surface area contributed by atoms with Gasteiger partial charge in [0.1, 0.15) is 5.75 Å². The molecule has 0 aliphatic carbocycles. The van der Waals surface area contributed by atoms with E-state index in [0.717, 1.165) is 5.56 Å². The number of aryl methyl sites for hydroxylation is 1. The molecular formula is C21H19Cl2N3O3. The summed E-state index contributed by atoms with van der Waals surface area (Å²) in [6.45, 7) is 1.67. The van der Waals surface area contributed by atoms with Gasteiger partial charge in [0.2, 0.25) is 5.91 Å². The number of benzene rings is 2. The Morgan fingerprint density at radius 3 is 2.45 bits per heavy atom.